The third kappa shape index (κ3) is 6.36. The molecule has 0 aromatic carbocycles. The Hall–Kier alpha value is -0.610. The van der Waals surface area contributed by atoms with Gasteiger partial charge in [0, 0.05) is 19.1 Å². The molecule has 2 N–H and O–H groups in total. The number of hydrogen-bond acceptors (Lipinski definition) is 3. The highest BCUT2D eigenvalue weighted by Crippen LogP contribution is 2.15. The number of hydrogen-bond donors (Lipinski definition) is 2. The molecule has 1 unspecified atom stereocenters. The lowest BCUT2D eigenvalue weighted by Gasteiger charge is -2.33. The van der Waals surface area contributed by atoms with E-state index in [0.29, 0.717) is 6.54 Å². The van der Waals surface area contributed by atoms with Crippen LogP contribution < -0.4 is 10.6 Å². The van der Waals surface area contributed by atoms with E-state index in [4.69, 9.17) is 0 Å². The molecule has 1 atom stereocenters. The molecule has 1 heterocycles. The number of rotatable bonds is 8. The van der Waals surface area contributed by atoms with E-state index in [-0.39, 0.29) is 5.91 Å². The number of amides is 1. The lowest BCUT2D eigenvalue weighted by Crippen LogP contribution is -2.40. The van der Waals surface area contributed by atoms with Crippen molar-refractivity contribution in [2.45, 2.75) is 52.0 Å². The van der Waals surface area contributed by atoms with Crippen LogP contribution in [-0.2, 0) is 4.79 Å². The van der Waals surface area contributed by atoms with Crippen LogP contribution in [0.15, 0.2) is 0 Å². The third-order valence-corrected chi connectivity index (χ3v) is 3.60. The van der Waals surface area contributed by atoms with Crippen molar-refractivity contribution in [1.29, 1.82) is 0 Å². The van der Waals surface area contributed by atoms with Crippen molar-refractivity contribution in [2.75, 3.05) is 32.7 Å². The fourth-order valence-electron chi connectivity index (χ4n) is 2.44. The summed E-state index contributed by atoms with van der Waals surface area (Å²) in [4.78, 5) is 14.0. The molecule has 1 aliphatic heterocycles. The number of carbonyl (C=O) groups excluding carboxylic acids is 1. The summed E-state index contributed by atoms with van der Waals surface area (Å²) >= 11 is 0. The van der Waals surface area contributed by atoms with E-state index in [2.05, 4.69) is 29.4 Å². The molecule has 1 aliphatic rings. The van der Waals surface area contributed by atoms with Crippen LogP contribution in [0.4, 0.5) is 0 Å². The van der Waals surface area contributed by atoms with Gasteiger partial charge < -0.3 is 15.5 Å². The monoisotopic (exact) mass is 255 g/mol. The summed E-state index contributed by atoms with van der Waals surface area (Å²) in [6, 6.07) is 0.723. The lowest BCUT2D eigenvalue weighted by atomic mass is 10.0. The predicted octanol–water partition coefficient (Wildman–Crippen LogP) is 1.37. The predicted molar refractivity (Wildman–Crippen MR) is 75.7 cm³/mol. The average molecular weight is 255 g/mol. The van der Waals surface area contributed by atoms with Crippen LogP contribution in [0.1, 0.15) is 46.0 Å². The Balaban J connectivity index is 1.98. The molecule has 1 saturated heterocycles. The summed E-state index contributed by atoms with van der Waals surface area (Å²) in [5.41, 5.74) is 0. The highest BCUT2D eigenvalue weighted by atomic mass is 16.1. The van der Waals surface area contributed by atoms with Gasteiger partial charge in [-0.3, -0.25) is 4.79 Å². The zero-order valence-electron chi connectivity index (χ0n) is 12.0. The Kier molecular flexibility index (Phi) is 8.01. The van der Waals surface area contributed by atoms with Gasteiger partial charge >= 0.3 is 0 Å². The van der Waals surface area contributed by atoms with Crippen LogP contribution in [0.3, 0.4) is 0 Å². The molecule has 0 aliphatic carbocycles. The lowest BCUT2D eigenvalue weighted by molar-refractivity contribution is -0.120. The normalized spacial score (nSPS) is 20.9. The smallest absolute Gasteiger partial charge is 0.233 e. The Labute approximate surface area is 111 Å². The molecule has 18 heavy (non-hydrogen) atoms. The van der Waals surface area contributed by atoms with Crippen LogP contribution in [-0.4, -0.2) is 49.6 Å². The molecule has 1 fully saturated rings. The average Bonchev–Trinajstić information content (AvgIpc) is 2.37. The number of nitrogens with zero attached hydrogens (tertiary/aromatic N) is 1. The van der Waals surface area contributed by atoms with Crippen molar-refractivity contribution < 1.29 is 4.79 Å². The molecule has 0 radical (unpaired) electrons. The zero-order chi connectivity index (χ0) is 13.2. The van der Waals surface area contributed by atoms with Crippen molar-refractivity contribution in [3.63, 3.8) is 0 Å². The van der Waals surface area contributed by atoms with Gasteiger partial charge in [-0.2, -0.15) is 0 Å². The second-order valence-electron chi connectivity index (χ2n) is 5.26. The van der Waals surface area contributed by atoms with Crippen LogP contribution in [0.2, 0.25) is 0 Å². The van der Waals surface area contributed by atoms with Gasteiger partial charge in [0.25, 0.3) is 0 Å². The first-order valence-corrected chi connectivity index (χ1v) is 7.45. The first-order valence-electron chi connectivity index (χ1n) is 7.45. The maximum Gasteiger partial charge on any atom is 0.233 e. The van der Waals surface area contributed by atoms with Crippen molar-refractivity contribution in [1.82, 2.24) is 15.5 Å². The summed E-state index contributed by atoms with van der Waals surface area (Å²) < 4.78 is 0. The SMILES string of the molecule is CCCNCC(=O)NCCCN1CCCCC1C. The van der Waals surface area contributed by atoms with E-state index in [9.17, 15) is 4.79 Å². The summed E-state index contributed by atoms with van der Waals surface area (Å²) in [5.74, 6) is 0.121. The van der Waals surface area contributed by atoms with Crippen molar-refractivity contribution in [3.05, 3.63) is 0 Å². The number of carbonyl (C=O) groups is 1. The summed E-state index contributed by atoms with van der Waals surface area (Å²) in [6.07, 6.45) is 6.16. The molecule has 0 bridgehead atoms. The molecule has 0 aromatic rings. The van der Waals surface area contributed by atoms with Gasteiger partial charge in [-0.25, -0.2) is 0 Å². The molecule has 0 spiro atoms. The molecular weight excluding hydrogens is 226 g/mol. The summed E-state index contributed by atoms with van der Waals surface area (Å²) in [7, 11) is 0. The Morgan fingerprint density at radius 3 is 2.89 bits per heavy atom. The van der Waals surface area contributed by atoms with Gasteiger partial charge in [-0.15, -0.1) is 0 Å². The zero-order valence-corrected chi connectivity index (χ0v) is 12.0. The van der Waals surface area contributed by atoms with Crippen LogP contribution in [0, 0.1) is 0 Å². The molecular formula is C14H29N3O. The van der Waals surface area contributed by atoms with E-state index in [1.165, 1.54) is 25.8 Å². The Bertz CT molecular complexity index is 233. The van der Waals surface area contributed by atoms with E-state index >= 15 is 0 Å². The molecule has 1 amide bonds. The van der Waals surface area contributed by atoms with E-state index in [1.807, 2.05) is 0 Å². The molecule has 0 saturated carbocycles. The summed E-state index contributed by atoms with van der Waals surface area (Å²) in [6.45, 7) is 8.93. The van der Waals surface area contributed by atoms with Crippen LogP contribution >= 0.6 is 0 Å². The minimum absolute atomic E-state index is 0.121. The minimum atomic E-state index is 0.121. The third-order valence-electron chi connectivity index (χ3n) is 3.60. The Morgan fingerprint density at radius 2 is 2.17 bits per heavy atom. The topological polar surface area (TPSA) is 44.4 Å². The maximum atomic E-state index is 11.4. The van der Waals surface area contributed by atoms with Crippen LogP contribution in [0.5, 0.6) is 0 Å². The first kappa shape index (κ1) is 15.4. The largest absolute Gasteiger partial charge is 0.355 e. The van der Waals surface area contributed by atoms with Gasteiger partial charge in [-0.05, 0) is 45.7 Å². The molecule has 106 valence electrons. The molecule has 4 heteroatoms. The fraction of sp³-hybridized carbons (Fsp3) is 0.929. The molecule has 1 rings (SSSR count). The van der Waals surface area contributed by atoms with E-state index in [0.717, 1.165) is 38.5 Å². The maximum absolute atomic E-state index is 11.4. The van der Waals surface area contributed by atoms with Gasteiger partial charge in [0.15, 0.2) is 0 Å². The number of likely N-dealkylation sites (tertiary alicyclic amines) is 1. The molecule has 4 nitrogen and oxygen atoms in total. The highest BCUT2D eigenvalue weighted by molar-refractivity contribution is 5.77. The number of nitrogens with one attached hydrogen (secondary N) is 2. The van der Waals surface area contributed by atoms with Gasteiger partial charge in [0.05, 0.1) is 6.54 Å². The van der Waals surface area contributed by atoms with E-state index < -0.39 is 0 Å². The van der Waals surface area contributed by atoms with Crippen molar-refractivity contribution in [3.8, 4) is 0 Å². The molecule has 0 aromatic heterocycles. The standard InChI is InChI=1S/C14H29N3O/c1-3-8-15-12-14(18)16-9-6-11-17-10-5-4-7-13(17)2/h13,15H,3-12H2,1-2H3,(H,16,18). The summed E-state index contributed by atoms with van der Waals surface area (Å²) in [5, 5.41) is 6.08. The Morgan fingerprint density at radius 1 is 1.33 bits per heavy atom. The fourth-order valence-corrected chi connectivity index (χ4v) is 2.44. The second kappa shape index (κ2) is 9.34. The van der Waals surface area contributed by atoms with Gasteiger partial charge in [-0.1, -0.05) is 13.3 Å². The van der Waals surface area contributed by atoms with Gasteiger partial charge in [0.2, 0.25) is 5.91 Å². The quantitative estimate of drug-likeness (QED) is 0.644. The van der Waals surface area contributed by atoms with Crippen molar-refractivity contribution >= 4 is 5.91 Å². The van der Waals surface area contributed by atoms with Crippen molar-refractivity contribution in [2.24, 2.45) is 0 Å². The second-order valence-corrected chi connectivity index (χ2v) is 5.26. The highest BCUT2D eigenvalue weighted by Gasteiger charge is 2.17. The van der Waals surface area contributed by atoms with Crippen LogP contribution in [0.25, 0.3) is 0 Å². The minimum Gasteiger partial charge on any atom is -0.355 e. The van der Waals surface area contributed by atoms with Gasteiger partial charge in [0.1, 0.15) is 0 Å². The van der Waals surface area contributed by atoms with E-state index in [1.54, 1.807) is 0 Å². The first-order chi connectivity index (χ1) is 8.74. The number of piperidine rings is 1.